The third-order valence-electron chi connectivity index (χ3n) is 5.69. The van der Waals surface area contributed by atoms with Gasteiger partial charge >= 0.3 is 5.97 Å². The number of unbranched alkanes of at least 4 members (excludes halogenated alkanes) is 3. The Labute approximate surface area is 173 Å². The molecule has 0 saturated heterocycles. The quantitative estimate of drug-likeness (QED) is 0.180. The van der Waals surface area contributed by atoms with Crippen LogP contribution in [0, 0.1) is 0 Å². The number of ketones is 1. The minimum Gasteiger partial charge on any atom is -0.318 e. The first kappa shape index (κ1) is 21.0. The van der Waals surface area contributed by atoms with Crippen LogP contribution in [-0.2, 0) is 15.0 Å². The van der Waals surface area contributed by atoms with Crippen molar-refractivity contribution in [1.29, 1.82) is 0 Å². The van der Waals surface area contributed by atoms with Crippen molar-refractivity contribution in [3.05, 3.63) is 59.2 Å². The number of hydrogen-bond donors (Lipinski definition) is 0. The normalized spacial score (nSPS) is 14.3. The van der Waals surface area contributed by atoms with E-state index in [2.05, 4.69) is 38.1 Å². The first-order valence-corrected chi connectivity index (χ1v) is 10.4. The molecule has 0 bridgehead atoms. The van der Waals surface area contributed by atoms with Gasteiger partial charge in [0.1, 0.15) is 5.71 Å². The lowest BCUT2D eigenvalue weighted by Crippen LogP contribution is -2.17. The Balaban J connectivity index is 1.73. The molecule has 152 valence electrons. The lowest BCUT2D eigenvalue weighted by atomic mass is 9.81. The van der Waals surface area contributed by atoms with Gasteiger partial charge in [-0.3, -0.25) is 4.79 Å². The Bertz CT molecular complexity index is 956. The highest BCUT2D eigenvalue weighted by Gasteiger charge is 2.35. The molecule has 0 spiro atoms. The molecule has 3 rings (SSSR count). The second kappa shape index (κ2) is 8.73. The molecule has 2 aromatic rings. The molecule has 0 heterocycles. The Morgan fingerprint density at radius 3 is 2.45 bits per heavy atom. The number of rotatable bonds is 8. The number of carbonyl (C=O) groups is 2. The highest BCUT2D eigenvalue weighted by Crippen LogP contribution is 2.48. The fourth-order valence-corrected chi connectivity index (χ4v) is 3.96. The van der Waals surface area contributed by atoms with Crippen LogP contribution in [0.5, 0.6) is 0 Å². The summed E-state index contributed by atoms with van der Waals surface area (Å²) < 4.78 is 0. The van der Waals surface area contributed by atoms with Crippen LogP contribution in [0.2, 0.25) is 0 Å². The summed E-state index contributed by atoms with van der Waals surface area (Å²) in [6, 6.07) is 14.1. The predicted octanol–water partition coefficient (Wildman–Crippen LogP) is 6.07. The second-order valence-electron chi connectivity index (χ2n) is 8.21. The number of nitrogens with zero attached hydrogens (tertiary/aromatic N) is 1. The number of Topliss-reactive ketones (excluding diaryl/α,β-unsaturated/α-hetero) is 1. The third-order valence-corrected chi connectivity index (χ3v) is 5.69. The Hall–Kier alpha value is -2.75. The van der Waals surface area contributed by atoms with E-state index in [0.29, 0.717) is 12.0 Å². The largest absolute Gasteiger partial charge is 0.335 e. The number of benzene rings is 2. The van der Waals surface area contributed by atoms with Crippen LogP contribution in [-0.4, -0.2) is 17.5 Å². The van der Waals surface area contributed by atoms with Gasteiger partial charge in [-0.05, 0) is 41.7 Å². The minimum atomic E-state index is -0.390. The molecule has 0 amide bonds. The standard InChI is InChI=1S/C25H29NO3/c1-5-6-7-8-13-23(27)29-26-17(2)24(28)18-14-15-20-19-11-9-10-12-21(19)25(3,4)22(20)16-18/h9-12,14-16H,5-8,13H2,1-4H3/b26-17-. The summed E-state index contributed by atoms with van der Waals surface area (Å²) in [5, 5.41) is 3.79. The molecule has 0 saturated carbocycles. The van der Waals surface area contributed by atoms with Crippen LogP contribution in [0.4, 0.5) is 0 Å². The van der Waals surface area contributed by atoms with Gasteiger partial charge < -0.3 is 4.84 Å². The molecule has 0 fully saturated rings. The predicted molar refractivity (Wildman–Crippen MR) is 116 cm³/mol. The molecule has 0 unspecified atom stereocenters. The van der Waals surface area contributed by atoms with Crippen LogP contribution in [0.15, 0.2) is 47.6 Å². The molecule has 0 atom stereocenters. The highest BCUT2D eigenvalue weighted by molar-refractivity contribution is 6.45. The van der Waals surface area contributed by atoms with Crippen LogP contribution < -0.4 is 0 Å². The molecule has 0 radical (unpaired) electrons. The summed E-state index contributed by atoms with van der Waals surface area (Å²) in [6.07, 6.45) is 4.34. The average Bonchev–Trinajstić information content (AvgIpc) is 2.96. The molecule has 29 heavy (non-hydrogen) atoms. The zero-order valence-electron chi connectivity index (χ0n) is 17.7. The number of hydrogen-bond acceptors (Lipinski definition) is 4. The summed E-state index contributed by atoms with van der Waals surface area (Å²) in [7, 11) is 0. The van der Waals surface area contributed by atoms with Gasteiger partial charge in [0.2, 0.25) is 5.78 Å². The first-order valence-electron chi connectivity index (χ1n) is 10.4. The van der Waals surface area contributed by atoms with Crippen LogP contribution in [0.25, 0.3) is 11.1 Å². The molecule has 4 nitrogen and oxygen atoms in total. The van der Waals surface area contributed by atoms with Crippen LogP contribution >= 0.6 is 0 Å². The molecule has 0 aliphatic heterocycles. The summed E-state index contributed by atoms with van der Waals surface area (Å²) in [5.41, 5.74) is 5.35. The van der Waals surface area contributed by atoms with Crippen molar-refractivity contribution in [2.45, 2.75) is 65.2 Å². The van der Waals surface area contributed by atoms with Crippen LogP contribution in [0.3, 0.4) is 0 Å². The summed E-state index contributed by atoms with van der Waals surface area (Å²) >= 11 is 0. The molecule has 0 N–H and O–H groups in total. The van der Waals surface area contributed by atoms with Gasteiger partial charge in [0, 0.05) is 17.4 Å². The van der Waals surface area contributed by atoms with E-state index < -0.39 is 5.97 Å². The zero-order valence-corrected chi connectivity index (χ0v) is 17.7. The van der Waals surface area contributed by atoms with E-state index in [1.54, 1.807) is 6.92 Å². The van der Waals surface area contributed by atoms with Crippen molar-refractivity contribution < 1.29 is 14.4 Å². The van der Waals surface area contributed by atoms with E-state index in [1.165, 1.54) is 11.1 Å². The topological polar surface area (TPSA) is 55.7 Å². The summed E-state index contributed by atoms with van der Waals surface area (Å²) in [6.45, 7) is 8.05. The van der Waals surface area contributed by atoms with E-state index in [0.717, 1.165) is 36.8 Å². The maximum absolute atomic E-state index is 12.8. The van der Waals surface area contributed by atoms with E-state index in [4.69, 9.17) is 4.84 Å². The van der Waals surface area contributed by atoms with Gasteiger partial charge in [0.05, 0.1) is 0 Å². The maximum Gasteiger partial charge on any atom is 0.335 e. The van der Waals surface area contributed by atoms with E-state index >= 15 is 0 Å². The van der Waals surface area contributed by atoms with E-state index in [1.807, 2.05) is 30.3 Å². The van der Waals surface area contributed by atoms with Crippen molar-refractivity contribution in [2.75, 3.05) is 0 Å². The van der Waals surface area contributed by atoms with Gasteiger partial charge in [0.15, 0.2) is 0 Å². The van der Waals surface area contributed by atoms with Gasteiger partial charge in [0.25, 0.3) is 0 Å². The van der Waals surface area contributed by atoms with Crippen LogP contribution in [0.1, 0.15) is 81.3 Å². The molecule has 4 heteroatoms. The van der Waals surface area contributed by atoms with Crippen molar-refractivity contribution in [3.63, 3.8) is 0 Å². The summed E-state index contributed by atoms with van der Waals surface area (Å²) in [4.78, 5) is 29.6. The lowest BCUT2D eigenvalue weighted by Gasteiger charge is -2.21. The van der Waals surface area contributed by atoms with Gasteiger partial charge in [-0.1, -0.05) is 81.6 Å². The number of fused-ring (bicyclic) bond motifs is 3. The van der Waals surface area contributed by atoms with Crippen molar-refractivity contribution in [3.8, 4) is 11.1 Å². The average molecular weight is 392 g/mol. The van der Waals surface area contributed by atoms with Gasteiger partial charge in [-0.15, -0.1) is 0 Å². The fourth-order valence-electron chi connectivity index (χ4n) is 3.96. The molecule has 1 aliphatic carbocycles. The van der Waals surface area contributed by atoms with Crippen molar-refractivity contribution in [1.82, 2.24) is 0 Å². The smallest absolute Gasteiger partial charge is 0.318 e. The Morgan fingerprint density at radius 2 is 1.69 bits per heavy atom. The van der Waals surface area contributed by atoms with Crippen molar-refractivity contribution in [2.24, 2.45) is 5.16 Å². The van der Waals surface area contributed by atoms with E-state index in [-0.39, 0.29) is 16.9 Å². The van der Waals surface area contributed by atoms with E-state index in [9.17, 15) is 9.59 Å². The Kier molecular flexibility index (Phi) is 6.31. The zero-order chi connectivity index (χ0) is 21.0. The third kappa shape index (κ3) is 4.31. The van der Waals surface area contributed by atoms with Gasteiger partial charge in [-0.25, -0.2) is 4.79 Å². The molecular formula is C25H29NO3. The lowest BCUT2D eigenvalue weighted by molar-refractivity contribution is -0.143. The Morgan fingerprint density at radius 1 is 0.966 bits per heavy atom. The minimum absolute atomic E-state index is 0.168. The maximum atomic E-state index is 12.8. The monoisotopic (exact) mass is 391 g/mol. The molecule has 0 aromatic heterocycles. The van der Waals surface area contributed by atoms with Gasteiger partial charge in [-0.2, -0.15) is 0 Å². The molecular weight excluding hydrogens is 362 g/mol. The number of oxime groups is 1. The first-order chi connectivity index (χ1) is 13.9. The second-order valence-corrected chi connectivity index (χ2v) is 8.21. The highest BCUT2D eigenvalue weighted by atomic mass is 16.7. The number of carbonyl (C=O) groups excluding carboxylic acids is 2. The fraction of sp³-hybridized carbons (Fsp3) is 0.400. The van der Waals surface area contributed by atoms with Crippen molar-refractivity contribution >= 4 is 17.5 Å². The molecule has 2 aromatic carbocycles. The SMILES string of the molecule is CCCCCCC(=O)O/N=C(/C)C(=O)c1ccc2c(c1)C(C)(C)c1ccccc1-2. The summed E-state index contributed by atoms with van der Waals surface area (Å²) in [5.74, 6) is -0.614. The molecule has 1 aliphatic rings.